The lowest BCUT2D eigenvalue weighted by Gasteiger charge is -2.31. The summed E-state index contributed by atoms with van der Waals surface area (Å²) in [5.74, 6) is 0.805. The van der Waals surface area contributed by atoms with Crippen LogP contribution in [0.4, 0.5) is 0 Å². The van der Waals surface area contributed by atoms with Gasteiger partial charge >= 0.3 is 0 Å². The SMILES string of the molecule is Cc1n[nH]c(C)c1C(=O)NC[C@@H]1CC[C@H](CC(=O)NC(C)(C)C)N1CC1CC1. The van der Waals surface area contributed by atoms with Gasteiger partial charge in [-0.2, -0.15) is 5.10 Å². The van der Waals surface area contributed by atoms with Crippen LogP contribution in [0.3, 0.4) is 0 Å². The molecule has 2 heterocycles. The number of hydrogen-bond acceptors (Lipinski definition) is 4. The molecule has 156 valence electrons. The number of H-pyrrole nitrogens is 1. The Balaban J connectivity index is 1.59. The number of nitrogens with zero attached hydrogens (tertiary/aromatic N) is 2. The van der Waals surface area contributed by atoms with Crippen LogP contribution in [0.1, 0.15) is 74.6 Å². The van der Waals surface area contributed by atoms with Gasteiger partial charge in [-0.3, -0.25) is 19.6 Å². The van der Waals surface area contributed by atoms with Gasteiger partial charge < -0.3 is 10.6 Å². The van der Waals surface area contributed by atoms with E-state index in [9.17, 15) is 9.59 Å². The zero-order chi connectivity index (χ0) is 20.5. The van der Waals surface area contributed by atoms with Crippen LogP contribution < -0.4 is 10.6 Å². The second-order valence-corrected chi connectivity index (χ2v) is 9.55. The second-order valence-electron chi connectivity index (χ2n) is 9.55. The summed E-state index contributed by atoms with van der Waals surface area (Å²) in [6, 6.07) is 0.562. The highest BCUT2D eigenvalue weighted by atomic mass is 16.2. The van der Waals surface area contributed by atoms with Crippen molar-refractivity contribution in [1.82, 2.24) is 25.7 Å². The minimum absolute atomic E-state index is 0.0657. The Morgan fingerprint density at radius 3 is 2.39 bits per heavy atom. The number of aromatic nitrogens is 2. The number of likely N-dealkylation sites (tertiary alicyclic amines) is 1. The van der Waals surface area contributed by atoms with E-state index in [2.05, 4.69) is 25.7 Å². The Labute approximate surface area is 168 Å². The monoisotopic (exact) mass is 389 g/mol. The van der Waals surface area contributed by atoms with Crippen molar-refractivity contribution in [3.63, 3.8) is 0 Å². The quantitative estimate of drug-likeness (QED) is 0.667. The average molecular weight is 390 g/mol. The molecule has 2 aliphatic rings. The highest BCUT2D eigenvalue weighted by Crippen LogP contribution is 2.35. The van der Waals surface area contributed by atoms with Crippen molar-refractivity contribution in [3.8, 4) is 0 Å². The Morgan fingerprint density at radius 2 is 1.82 bits per heavy atom. The number of carbonyl (C=O) groups excluding carboxylic acids is 2. The molecule has 1 aromatic rings. The van der Waals surface area contributed by atoms with E-state index in [0.717, 1.165) is 36.7 Å². The zero-order valence-electron chi connectivity index (χ0n) is 17.9. The van der Waals surface area contributed by atoms with Gasteiger partial charge in [-0.15, -0.1) is 0 Å². The summed E-state index contributed by atoms with van der Waals surface area (Å²) in [4.78, 5) is 27.5. The first-order chi connectivity index (χ1) is 13.1. The van der Waals surface area contributed by atoms with E-state index in [0.29, 0.717) is 24.6 Å². The molecule has 28 heavy (non-hydrogen) atoms. The van der Waals surface area contributed by atoms with Gasteiger partial charge in [0.25, 0.3) is 5.91 Å². The maximum atomic E-state index is 12.6. The highest BCUT2D eigenvalue weighted by Gasteiger charge is 2.38. The summed E-state index contributed by atoms with van der Waals surface area (Å²) >= 11 is 0. The molecular weight excluding hydrogens is 354 g/mol. The van der Waals surface area contributed by atoms with Crippen LogP contribution in [-0.4, -0.2) is 57.6 Å². The molecule has 1 aliphatic carbocycles. The fourth-order valence-electron chi connectivity index (χ4n) is 4.22. The van der Waals surface area contributed by atoms with E-state index >= 15 is 0 Å². The fourth-order valence-corrected chi connectivity index (χ4v) is 4.22. The summed E-state index contributed by atoms with van der Waals surface area (Å²) in [5.41, 5.74) is 1.97. The fraction of sp³-hybridized carbons (Fsp3) is 0.762. The van der Waals surface area contributed by atoms with Gasteiger partial charge in [0.2, 0.25) is 5.91 Å². The summed E-state index contributed by atoms with van der Waals surface area (Å²) in [7, 11) is 0. The minimum Gasteiger partial charge on any atom is -0.351 e. The smallest absolute Gasteiger partial charge is 0.255 e. The van der Waals surface area contributed by atoms with Crippen molar-refractivity contribution in [1.29, 1.82) is 0 Å². The molecule has 7 heteroatoms. The van der Waals surface area contributed by atoms with Crippen molar-refractivity contribution in [2.24, 2.45) is 5.92 Å². The van der Waals surface area contributed by atoms with Crippen LogP contribution >= 0.6 is 0 Å². The predicted molar refractivity (Wildman–Crippen MR) is 109 cm³/mol. The Hall–Kier alpha value is -1.89. The van der Waals surface area contributed by atoms with Gasteiger partial charge in [-0.25, -0.2) is 0 Å². The molecule has 1 saturated heterocycles. The molecule has 0 radical (unpaired) electrons. The molecule has 0 bridgehead atoms. The maximum Gasteiger partial charge on any atom is 0.255 e. The third-order valence-electron chi connectivity index (χ3n) is 5.73. The standard InChI is InChI=1S/C21H35N5O2/c1-13-19(14(2)25-24-13)20(28)22-11-17-9-8-16(26(17)12-15-6-7-15)10-18(27)23-21(3,4)5/h15-17H,6-12H2,1-5H3,(H,22,28)(H,23,27)(H,24,25)/t16-,17+/m1/s1. The van der Waals surface area contributed by atoms with E-state index in [-0.39, 0.29) is 23.4 Å². The number of aromatic amines is 1. The molecule has 7 nitrogen and oxygen atoms in total. The lowest BCUT2D eigenvalue weighted by atomic mass is 10.1. The molecule has 2 atom stereocenters. The average Bonchev–Trinajstić information content (AvgIpc) is 3.23. The number of hydrogen-bond donors (Lipinski definition) is 3. The summed E-state index contributed by atoms with van der Waals surface area (Å²) in [6.07, 6.45) is 5.13. The van der Waals surface area contributed by atoms with Gasteiger partial charge in [-0.1, -0.05) is 0 Å². The van der Waals surface area contributed by atoms with Crippen molar-refractivity contribution < 1.29 is 9.59 Å². The van der Waals surface area contributed by atoms with Crippen LogP contribution in [0, 0.1) is 19.8 Å². The first-order valence-corrected chi connectivity index (χ1v) is 10.5. The van der Waals surface area contributed by atoms with E-state index in [1.807, 2.05) is 34.6 Å². The Morgan fingerprint density at radius 1 is 1.14 bits per heavy atom. The normalized spacial score (nSPS) is 23.0. The maximum absolute atomic E-state index is 12.6. The lowest BCUT2D eigenvalue weighted by Crippen LogP contribution is -2.47. The van der Waals surface area contributed by atoms with E-state index in [4.69, 9.17) is 0 Å². The molecule has 1 aromatic heterocycles. The molecule has 0 unspecified atom stereocenters. The van der Waals surface area contributed by atoms with Crippen molar-refractivity contribution >= 4 is 11.8 Å². The van der Waals surface area contributed by atoms with Gasteiger partial charge in [0, 0.05) is 42.8 Å². The predicted octanol–water partition coefficient (Wildman–Crippen LogP) is 2.30. The van der Waals surface area contributed by atoms with E-state index < -0.39 is 0 Å². The van der Waals surface area contributed by atoms with Crippen LogP contribution in [0.15, 0.2) is 0 Å². The van der Waals surface area contributed by atoms with Crippen LogP contribution in [0.25, 0.3) is 0 Å². The topological polar surface area (TPSA) is 90.1 Å². The molecule has 0 spiro atoms. The molecule has 3 N–H and O–H groups in total. The molecule has 1 saturated carbocycles. The molecular formula is C21H35N5O2. The molecule has 1 aliphatic heterocycles. The second kappa shape index (κ2) is 8.23. The third-order valence-corrected chi connectivity index (χ3v) is 5.73. The minimum atomic E-state index is -0.204. The van der Waals surface area contributed by atoms with Crippen LogP contribution in [-0.2, 0) is 4.79 Å². The summed E-state index contributed by atoms with van der Waals surface area (Å²) in [5, 5.41) is 13.2. The van der Waals surface area contributed by atoms with E-state index in [1.165, 1.54) is 12.8 Å². The van der Waals surface area contributed by atoms with Gasteiger partial charge in [0.15, 0.2) is 0 Å². The first kappa shape index (κ1) is 20.8. The first-order valence-electron chi connectivity index (χ1n) is 10.5. The number of aryl methyl sites for hydroxylation is 2. The van der Waals surface area contributed by atoms with Crippen LogP contribution in [0.5, 0.6) is 0 Å². The zero-order valence-corrected chi connectivity index (χ0v) is 17.9. The van der Waals surface area contributed by atoms with Gasteiger partial charge in [0.05, 0.1) is 11.3 Å². The molecule has 2 fully saturated rings. The Bertz CT molecular complexity index is 697. The molecule has 3 rings (SSSR count). The van der Waals surface area contributed by atoms with Gasteiger partial charge in [0.1, 0.15) is 0 Å². The number of amides is 2. The summed E-state index contributed by atoms with van der Waals surface area (Å²) in [6.45, 7) is 11.4. The highest BCUT2D eigenvalue weighted by molar-refractivity contribution is 5.96. The number of rotatable bonds is 7. The van der Waals surface area contributed by atoms with Crippen LogP contribution in [0.2, 0.25) is 0 Å². The van der Waals surface area contributed by atoms with Crippen molar-refractivity contribution in [3.05, 3.63) is 17.0 Å². The lowest BCUT2D eigenvalue weighted by molar-refractivity contribution is -0.123. The van der Waals surface area contributed by atoms with Crippen molar-refractivity contribution in [2.75, 3.05) is 13.1 Å². The number of nitrogens with one attached hydrogen (secondary N) is 3. The number of carbonyl (C=O) groups is 2. The van der Waals surface area contributed by atoms with Gasteiger partial charge in [-0.05, 0) is 66.2 Å². The molecule has 2 amide bonds. The largest absolute Gasteiger partial charge is 0.351 e. The summed E-state index contributed by atoms with van der Waals surface area (Å²) < 4.78 is 0. The van der Waals surface area contributed by atoms with E-state index in [1.54, 1.807) is 0 Å². The third kappa shape index (κ3) is 5.34. The molecule has 0 aromatic carbocycles. The Kier molecular flexibility index (Phi) is 6.12. The van der Waals surface area contributed by atoms with Crippen molar-refractivity contribution in [2.45, 2.75) is 84.3 Å².